The summed E-state index contributed by atoms with van der Waals surface area (Å²) in [5.41, 5.74) is -0.124. The van der Waals surface area contributed by atoms with E-state index in [2.05, 4.69) is 24.5 Å². The van der Waals surface area contributed by atoms with Gasteiger partial charge in [0.1, 0.15) is 5.54 Å². The van der Waals surface area contributed by atoms with Crippen molar-refractivity contribution in [1.82, 2.24) is 10.2 Å². The highest BCUT2D eigenvalue weighted by molar-refractivity contribution is 6.35. The largest absolute Gasteiger partial charge is 0.383 e. The number of para-hydroxylation sites is 1. The first-order chi connectivity index (χ1) is 13.3. The summed E-state index contributed by atoms with van der Waals surface area (Å²) in [6.45, 7) is 4.58. The molecule has 0 aromatic heterocycles. The normalized spacial score (nSPS) is 31.1. The number of hydrogen-bond acceptors (Lipinski definition) is 5. The number of imide groups is 1. The molecule has 7 nitrogen and oxygen atoms in total. The number of nitrogens with one attached hydrogen (secondary N) is 2. The van der Waals surface area contributed by atoms with Gasteiger partial charge >= 0.3 is 0 Å². The molecule has 4 atom stereocenters. The second-order valence-electron chi connectivity index (χ2n) is 8.13. The number of amides is 3. The Hall–Kier alpha value is -1.96. The van der Waals surface area contributed by atoms with Gasteiger partial charge in [-0.05, 0) is 18.4 Å². The molecule has 1 aromatic rings. The van der Waals surface area contributed by atoms with E-state index in [4.69, 9.17) is 16.3 Å². The number of rotatable bonds is 5. The maximum absolute atomic E-state index is 13.3. The van der Waals surface area contributed by atoms with Gasteiger partial charge in [-0.15, -0.1) is 0 Å². The Labute approximate surface area is 168 Å². The zero-order valence-corrected chi connectivity index (χ0v) is 16.9. The molecule has 3 aliphatic rings. The molecule has 0 aliphatic carbocycles. The first-order valence-electron chi connectivity index (χ1n) is 9.55. The Balaban J connectivity index is 1.84. The molecule has 0 bridgehead atoms. The van der Waals surface area contributed by atoms with E-state index in [1.807, 2.05) is 0 Å². The predicted molar refractivity (Wildman–Crippen MR) is 104 cm³/mol. The lowest BCUT2D eigenvalue weighted by atomic mass is 9.76. The summed E-state index contributed by atoms with van der Waals surface area (Å²) in [4.78, 5) is 41.0. The van der Waals surface area contributed by atoms with Crippen LogP contribution in [0.2, 0.25) is 5.02 Å². The van der Waals surface area contributed by atoms with Crippen LogP contribution in [0.25, 0.3) is 0 Å². The summed E-state index contributed by atoms with van der Waals surface area (Å²) < 4.78 is 5.07. The predicted octanol–water partition coefficient (Wildman–Crippen LogP) is 1.75. The summed E-state index contributed by atoms with van der Waals surface area (Å²) in [5.74, 6) is -1.96. The maximum Gasteiger partial charge on any atom is 0.250 e. The number of carbonyl (C=O) groups excluding carboxylic acids is 3. The van der Waals surface area contributed by atoms with E-state index in [0.29, 0.717) is 28.6 Å². The van der Waals surface area contributed by atoms with Crippen LogP contribution in [-0.4, -0.2) is 48.9 Å². The topological polar surface area (TPSA) is 87.7 Å². The number of halogens is 1. The van der Waals surface area contributed by atoms with Crippen molar-refractivity contribution in [3.05, 3.63) is 28.8 Å². The first-order valence-corrected chi connectivity index (χ1v) is 9.93. The number of benzene rings is 1. The van der Waals surface area contributed by atoms with Gasteiger partial charge in [0, 0.05) is 18.7 Å². The van der Waals surface area contributed by atoms with Crippen LogP contribution < -0.4 is 10.6 Å². The molecule has 1 spiro atoms. The van der Waals surface area contributed by atoms with Crippen LogP contribution in [0.1, 0.15) is 25.8 Å². The lowest BCUT2D eigenvalue weighted by molar-refractivity contribution is -0.143. The van der Waals surface area contributed by atoms with Gasteiger partial charge in [-0.3, -0.25) is 24.6 Å². The number of carbonyl (C=O) groups is 3. The molecule has 8 heteroatoms. The number of methoxy groups -OCH3 is 1. The Morgan fingerprint density at radius 1 is 1.25 bits per heavy atom. The molecule has 4 rings (SSSR count). The van der Waals surface area contributed by atoms with E-state index in [-0.39, 0.29) is 36.9 Å². The van der Waals surface area contributed by atoms with Gasteiger partial charge < -0.3 is 10.1 Å². The second-order valence-corrected chi connectivity index (χ2v) is 8.54. The number of anilines is 1. The van der Waals surface area contributed by atoms with Crippen molar-refractivity contribution in [1.29, 1.82) is 0 Å². The number of ether oxygens (including phenoxy) is 1. The minimum absolute atomic E-state index is 0.190. The molecule has 0 unspecified atom stereocenters. The quantitative estimate of drug-likeness (QED) is 0.729. The van der Waals surface area contributed by atoms with Crippen molar-refractivity contribution in [2.45, 2.75) is 31.8 Å². The molecule has 0 saturated carbocycles. The number of fused-ring (bicyclic) bond motifs is 4. The molecule has 28 heavy (non-hydrogen) atoms. The fourth-order valence-corrected chi connectivity index (χ4v) is 5.19. The number of nitrogens with zero attached hydrogens (tertiary/aromatic N) is 1. The van der Waals surface area contributed by atoms with E-state index < -0.39 is 17.4 Å². The van der Waals surface area contributed by atoms with E-state index in [9.17, 15) is 14.4 Å². The van der Waals surface area contributed by atoms with Gasteiger partial charge in [0.15, 0.2) is 0 Å². The van der Waals surface area contributed by atoms with Gasteiger partial charge in [-0.2, -0.15) is 0 Å². The van der Waals surface area contributed by atoms with Crippen LogP contribution in [0.5, 0.6) is 0 Å². The average molecular weight is 406 g/mol. The average Bonchev–Trinajstić information content (AvgIpc) is 3.20. The smallest absolute Gasteiger partial charge is 0.250 e. The molecular formula is C20H24ClN3O4. The molecule has 3 aliphatic heterocycles. The summed E-state index contributed by atoms with van der Waals surface area (Å²) >= 11 is 6.30. The third-order valence-electron chi connectivity index (χ3n) is 6.03. The molecule has 3 heterocycles. The number of hydrogen-bond donors (Lipinski definition) is 2. The van der Waals surface area contributed by atoms with Gasteiger partial charge in [-0.25, -0.2) is 0 Å². The molecule has 2 fully saturated rings. The zero-order chi connectivity index (χ0) is 20.2. The Kier molecular flexibility index (Phi) is 4.72. The van der Waals surface area contributed by atoms with Crippen LogP contribution in [-0.2, 0) is 24.7 Å². The summed E-state index contributed by atoms with van der Waals surface area (Å²) in [6.07, 6.45) is 0.684. The lowest BCUT2D eigenvalue weighted by Crippen LogP contribution is -2.53. The van der Waals surface area contributed by atoms with Crippen molar-refractivity contribution in [3.8, 4) is 0 Å². The second kappa shape index (κ2) is 6.83. The van der Waals surface area contributed by atoms with Gasteiger partial charge in [0.05, 0.1) is 35.7 Å². The highest BCUT2D eigenvalue weighted by Gasteiger charge is 2.70. The molecular weight excluding hydrogens is 382 g/mol. The van der Waals surface area contributed by atoms with Crippen LogP contribution in [0.3, 0.4) is 0 Å². The minimum Gasteiger partial charge on any atom is -0.383 e. The van der Waals surface area contributed by atoms with Crippen molar-refractivity contribution in [2.24, 2.45) is 17.8 Å². The number of likely N-dealkylation sites (tertiary alicyclic amines) is 1. The molecule has 1 aromatic carbocycles. The molecule has 2 N–H and O–H groups in total. The molecule has 150 valence electrons. The fraction of sp³-hybridized carbons (Fsp3) is 0.550. The Bertz CT molecular complexity index is 858. The maximum atomic E-state index is 13.3. The van der Waals surface area contributed by atoms with Gasteiger partial charge in [0.2, 0.25) is 17.7 Å². The van der Waals surface area contributed by atoms with E-state index in [1.54, 1.807) is 18.2 Å². The SMILES string of the molecule is COCCN1C(=O)[C@@H]2[C@H](CC(C)C)N[C@]3(C(=O)Nc4c(Cl)cccc43)[C@H]2C1=O. The first kappa shape index (κ1) is 19.4. The lowest BCUT2D eigenvalue weighted by Gasteiger charge is -2.29. The van der Waals surface area contributed by atoms with Crippen LogP contribution in [0.4, 0.5) is 5.69 Å². The Morgan fingerprint density at radius 3 is 2.68 bits per heavy atom. The molecule has 2 saturated heterocycles. The molecule has 0 radical (unpaired) electrons. The van der Waals surface area contributed by atoms with E-state index in [1.165, 1.54) is 12.0 Å². The molecule has 3 amide bonds. The van der Waals surface area contributed by atoms with Crippen LogP contribution >= 0.6 is 11.6 Å². The van der Waals surface area contributed by atoms with Crippen LogP contribution in [0, 0.1) is 17.8 Å². The van der Waals surface area contributed by atoms with Crippen molar-refractivity contribution >= 4 is 35.0 Å². The third-order valence-corrected chi connectivity index (χ3v) is 6.35. The standard InChI is InChI=1S/C20H24ClN3O4/c1-10(2)9-13-14-15(18(26)24(17(14)25)7-8-28-3)20(23-13)11-5-4-6-12(21)16(11)22-19(20)27/h4-6,10,13-15,23H,7-9H2,1-3H3,(H,22,27)/t13-,14+,15+,20-/m0/s1. The summed E-state index contributed by atoms with van der Waals surface area (Å²) in [7, 11) is 1.53. The van der Waals surface area contributed by atoms with Gasteiger partial charge in [-0.1, -0.05) is 37.6 Å². The fourth-order valence-electron chi connectivity index (χ4n) is 4.97. The zero-order valence-electron chi connectivity index (χ0n) is 16.1. The highest BCUT2D eigenvalue weighted by atomic mass is 35.5. The van der Waals surface area contributed by atoms with Gasteiger partial charge in [0.25, 0.3) is 0 Å². The van der Waals surface area contributed by atoms with Crippen molar-refractivity contribution < 1.29 is 19.1 Å². The van der Waals surface area contributed by atoms with Crippen molar-refractivity contribution in [2.75, 3.05) is 25.6 Å². The summed E-state index contributed by atoms with van der Waals surface area (Å²) in [5, 5.41) is 6.66. The van der Waals surface area contributed by atoms with Crippen molar-refractivity contribution in [3.63, 3.8) is 0 Å². The van der Waals surface area contributed by atoms with E-state index >= 15 is 0 Å². The van der Waals surface area contributed by atoms with Crippen LogP contribution in [0.15, 0.2) is 18.2 Å². The third kappa shape index (κ3) is 2.53. The minimum atomic E-state index is -1.28. The highest BCUT2D eigenvalue weighted by Crippen LogP contribution is 2.54. The Morgan fingerprint density at radius 2 is 2.00 bits per heavy atom. The monoisotopic (exact) mass is 405 g/mol. The summed E-state index contributed by atoms with van der Waals surface area (Å²) in [6, 6.07) is 4.99. The van der Waals surface area contributed by atoms with E-state index in [0.717, 1.165) is 0 Å².